The van der Waals surface area contributed by atoms with Crippen molar-refractivity contribution in [3.63, 3.8) is 0 Å². The normalized spacial score (nSPS) is 20.0. The number of ether oxygens (including phenoxy) is 1. The maximum absolute atomic E-state index is 11.7. The molecule has 1 unspecified atom stereocenters. The molecule has 2 N–H and O–H groups in total. The number of benzene rings is 2. The predicted octanol–water partition coefficient (Wildman–Crippen LogP) is 4.25. The molecule has 206 valence electrons. The zero-order valence-electron chi connectivity index (χ0n) is 23.4. The van der Waals surface area contributed by atoms with E-state index in [0.29, 0.717) is 12.5 Å². The Morgan fingerprint density at radius 1 is 1.03 bits per heavy atom. The van der Waals surface area contributed by atoms with Crippen molar-refractivity contribution >= 4 is 28.8 Å². The molecule has 6 rings (SSSR count). The second-order valence-electron chi connectivity index (χ2n) is 11.0. The third kappa shape index (κ3) is 4.85. The van der Waals surface area contributed by atoms with Gasteiger partial charge in [-0.3, -0.25) is 0 Å². The highest BCUT2D eigenvalue weighted by atomic mass is 16.5. The molecule has 2 aromatic carbocycles. The molecular weight excluding hydrogens is 490 g/mol. The largest absolute Gasteiger partial charge is 0.494 e. The summed E-state index contributed by atoms with van der Waals surface area (Å²) in [4.78, 5) is 18.6. The highest BCUT2D eigenvalue weighted by Gasteiger charge is 2.40. The lowest BCUT2D eigenvalue weighted by molar-refractivity contribution is 0.129. The van der Waals surface area contributed by atoms with Crippen molar-refractivity contribution in [3.05, 3.63) is 59.3 Å². The minimum atomic E-state index is -0.789. The number of hydrogen-bond acceptors (Lipinski definition) is 9. The van der Waals surface area contributed by atoms with E-state index in [1.165, 1.54) is 6.42 Å². The number of aliphatic hydroxyl groups excluding tert-OH is 1. The molecule has 9 nitrogen and oxygen atoms in total. The smallest absolute Gasteiger partial charge is 0.229 e. The van der Waals surface area contributed by atoms with E-state index in [0.717, 1.165) is 84.3 Å². The number of likely N-dealkylation sites (N-methyl/N-ethyl adjacent to an activating group) is 1. The number of aromatic nitrogens is 2. The third-order valence-corrected chi connectivity index (χ3v) is 8.45. The Hall–Kier alpha value is -3.56. The minimum absolute atomic E-state index is 0.256. The summed E-state index contributed by atoms with van der Waals surface area (Å²) < 4.78 is 5.76. The van der Waals surface area contributed by atoms with E-state index in [-0.39, 0.29) is 6.04 Å². The van der Waals surface area contributed by atoms with E-state index in [1.54, 1.807) is 7.11 Å². The fourth-order valence-electron chi connectivity index (χ4n) is 5.96. The van der Waals surface area contributed by atoms with Crippen molar-refractivity contribution in [1.29, 1.82) is 0 Å². The lowest BCUT2D eigenvalue weighted by atomic mass is 9.90. The average molecular weight is 530 g/mol. The van der Waals surface area contributed by atoms with Crippen LogP contribution in [0.25, 0.3) is 0 Å². The Balaban J connectivity index is 1.29. The number of nitrogens with zero attached hydrogens (tertiary/aromatic N) is 6. The molecule has 2 fully saturated rings. The van der Waals surface area contributed by atoms with Crippen LogP contribution in [0, 0.1) is 13.8 Å². The van der Waals surface area contributed by atoms with Gasteiger partial charge in [0.05, 0.1) is 19.3 Å². The molecule has 0 bridgehead atoms. The van der Waals surface area contributed by atoms with E-state index in [9.17, 15) is 5.11 Å². The number of aliphatic hydroxyl groups is 1. The van der Waals surface area contributed by atoms with Gasteiger partial charge in [-0.05, 0) is 63.4 Å². The number of nitrogens with one attached hydrogen (secondary N) is 1. The molecule has 0 spiro atoms. The van der Waals surface area contributed by atoms with Crippen LogP contribution in [0.15, 0.2) is 42.6 Å². The maximum atomic E-state index is 11.7. The average Bonchev–Trinajstić information content (AvgIpc) is 2.90. The molecule has 1 saturated heterocycles. The van der Waals surface area contributed by atoms with E-state index in [1.807, 2.05) is 12.3 Å². The Morgan fingerprint density at radius 2 is 1.77 bits per heavy atom. The fraction of sp³-hybridized carbons (Fsp3) is 0.467. The van der Waals surface area contributed by atoms with Gasteiger partial charge in [0.1, 0.15) is 11.6 Å². The van der Waals surface area contributed by atoms with Crippen LogP contribution < -0.4 is 24.8 Å². The summed E-state index contributed by atoms with van der Waals surface area (Å²) in [5.41, 5.74) is 6.36. The van der Waals surface area contributed by atoms with Gasteiger partial charge in [0.15, 0.2) is 0 Å². The maximum Gasteiger partial charge on any atom is 0.229 e. The first kappa shape index (κ1) is 25.7. The van der Waals surface area contributed by atoms with Gasteiger partial charge in [-0.2, -0.15) is 4.98 Å². The van der Waals surface area contributed by atoms with Gasteiger partial charge in [0, 0.05) is 61.4 Å². The van der Waals surface area contributed by atoms with Crippen molar-refractivity contribution in [1.82, 2.24) is 14.9 Å². The van der Waals surface area contributed by atoms with Gasteiger partial charge in [0.2, 0.25) is 12.3 Å². The Labute approximate surface area is 231 Å². The lowest BCUT2D eigenvalue weighted by Gasteiger charge is -2.49. The molecule has 1 atom stereocenters. The van der Waals surface area contributed by atoms with Crippen LogP contribution in [0.4, 0.5) is 28.8 Å². The summed E-state index contributed by atoms with van der Waals surface area (Å²) >= 11 is 0. The molecule has 1 aromatic heterocycles. The number of rotatable bonds is 6. The summed E-state index contributed by atoms with van der Waals surface area (Å²) in [7, 11) is 3.86. The van der Waals surface area contributed by atoms with Crippen LogP contribution in [0.5, 0.6) is 5.75 Å². The number of piperazine rings is 1. The van der Waals surface area contributed by atoms with Crippen molar-refractivity contribution < 1.29 is 9.84 Å². The van der Waals surface area contributed by atoms with E-state index >= 15 is 0 Å². The third-order valence-electron chi connectivity index (χ3n) is 8.45. The summed E-state index contributed by atoms with van der Waals surface area (Å²) in [5.74, 6) is 2.06. The monoisotopic (exact) mass is 529 g/mol. The first-order valence-electron chi connectivity index (χ1n) is 14.0. The van der Waals surface area contributed by atoms with E-state index in [2.05, 4.69) is 76.1 Å². The zero-order valence-corrected chi connectivity index (χ0v) is 23.4. The number of anilines is 5. The molecule has 3 aromatic rings. The topological polar surface area (TPSA) is 80.2 Å². The molecule has 1 aliphatic carbocycles. The van der Waals surface area contributed by atoms with Crippen LogP contribution in [0.2, 0.25) is 0 Å². The number of aryl methyl sites for hydroxylation is 2. The Morgan fingerprint density at radius 3 is 2.44 bits per heavy atom. The summed E-state index contributed by atoms with van der Waals surface area (Å²) in [6.45, 7) is 8.85. The second kappa shape index (κ2) is 10.5. The summed E-state index contributed by atoms with van der Waals surface area (Å²) in [5, 5.41) is 15.1. The van der Waals surface area contributed by atoms with Crippen molar-refractivity contribution in [2.45, 2.75) is 52.0 Å². The molecule has 3 aliphatic rings. The van der Waals surface area contributed by atoms with Crippen LogP contribution in [0.1, 0.15) is 36.0 Å². The van der Waals surface area contributed by atoms with Gasteiger partial charge in [0.25, 0.3) is 0 Å². The molecule has 0 amide bonds. The van der Waals surface area contributed by atoms with Gasteiger partial charge in [-0.25, -0.2) is 4.98 Å². The lowest BCUT2D eigenvalue weighted by Crippen LogP contribution is -2.58. The highest BCUT2D eigenvalue weighted by Crippen LogP contribution is 2.40. The van der Waals surface area contributed by atoms with Gasteiger partial charge >= 0.3 is 0 Å². The predicted molar refractivity (Wildman–Crippen MR) is 156 cm³/mol. The molecule has 3 heterocycles. The molecule has 1 saturated carbocycles. The second-order valence-corrected chi connectivity index (χ2v) is 11.0. The first-order chi connectivity index (χ1) is 18.9. The number of methoxy groups -OCH3 is 1. The van der Waals surface area contributed by atoms with Crippen molar-refractivity contribution in [2.24, 2.45) is 0 Å². The highest BCUT2D eigenvalue weighted by molar-refractivity contribution is 5.70. The van der Waals surface area contributed by atoms with Crippen LogP contribution in [-0.2, 0) is 6.54 Å². The van der Waals surface area contributed by atoms with Gasteiger partial charge in [-0.1, -0.05) is 18.2 Å². The number of para-hydroxylation sites is 1. The SMILES string of the molecule is COc1cc(N2CCN(C)CC2)ccc1Nc1ncc2c(n1)N(C1CCC1)C(O)N(c1c(C)cccc1C)C2. The number of hydrogen-bond donors (Lipinski definition) is 2. The van der Waals surface area contributed by atoms with Gasteiger partial charge < -0.3 is 34.8 Å². The molecule has 2 aliphatic heterocycles. The zero-order chi connectivity index (χ0) is 27.1. The van der Waals surface area contributed by atoms with Crippen molar-refractivity contribution in [3.8, 4) is 5.75 Å². The van der Waals surface area contributed by atoms with Crippen LogP contribution >= 0.6 is 0 Å². The van der Waals surface area contributed by atoms with Crippen molar-refractivity contribution in [2.75, 3.05) is 60.4 Å². The van der Waals surface area contributed by atoms with Gasteiger partial charge in [-0.15, -0.1) is 0 Å². The molecule has 0 radical (unpaired) electrons. The molecular formula is C30H39N7O2. The standard InChI is InChI=1S/C30H39N7O2/c1-20-7-5-8-21(2)27(20)36-19-22-18-31-29(33-28(22)37(30(36)38)23-9-6-10-23)32-25-12-11-24(17-26(25)39-4)35-15-13-34(3)14-16-35/h5,7-8,11-12,17-18,23,30,38H,6,9-10,13-16,19H2,1-4H3,(H,31,32,33). The Kier molecular flexibility index (Phi) is 6.95. The van der Waals surface area contributed by atoms with E-state index in [4.69, 9.17) is 14.7 Å². The molecule has 9 heteroatoms. The van der Waals surface area contributed by atoms with E-state index < -0.39 is 6.35 Å². The minimum Gasteiger partial charge on any atom is -0.494 e. The summed E-state index contributed by atoms with van der Waals surface area (Å²) in [6.07, 6.45) is 4.37. The van der Waals surface area contributed by atoms with Crippen LogP contribution in [0.3, 0.4) is 0 Å². The Bertz CT molecular complexity index is 1320. The van der Waals surface area contributed by atoms with Crippen LogP contribution in [-0.4, -0.2) is 72.7 Å². The first-order valence-corrected chi connectivity index (χ1v) is 14.0. The number of fused-ring (bicyclic) bond motifs is 1. The fourth-order valence-corrected chi connectivity index (χ4v) is 5.96. The molecule has 39 heavy (non-hydrogen) atoms. The summed E-state index contributed by atoms with van der Waals surface area (Å²) in [6, 6.07) is 12.8. The quantitative estimate of drug-likeness (QED) is 0.487.